The van der Waals surface area contributed by atoms with Crippen molar-refractivity contribution in [3.8, 4) is 0 Å². The van der Waals surface area contributed by atoms with Crippen LogP contribution in [-0.2, 0) is 0 Å². The van der Waals surface area contributed by atoms with Crippen LogP contribution < -0.4 is 10.2 Å². The summed E-state index contributed by atoms with van der Waals surface area (Å²) >= 11 is 0. The zero-order chi connectivity index (χ0) is 19.3. The van der Waals surface area contributed by atoms with E-state index in [0.29, 0.717) is 32.0 Å². The molecule has 1 fully saturated rings. The second kappa shape index (κ2) is 7.99. The monoisotopic (exact) mass is 378 g/mol. The molecule has 2 aromatic heterocycles. The van der Waals surface area contributed by atoms with Crippen LogP contribution in [0.25, 0.3) is 0 Å². The second-order valence-electron chi connectivity index (χ2n) is 6.40. The van der Waals surface area contributed by atoms with Crippen LogP contribution in [0.4, 0.5) is 21.7 Å². The van der Waals surface area contributed by atoms with Crippen molar-refractivity contribution in [1.29, 1.82) is 0 Å². The maximum atomic E-state index is 13.8. The van der Waals surface area contributed by atoms with Gasteiger partial charge in [0.2, 0.25) is 0 Å². The largest absolute Gasteiger partial charge is 0.352 e. The molecule has 1 N–H and O–H groups in total. The van der Waals surface area contributed by atoms with E-state index in [0.717, 1.165) is 11.5 Å². The molecule has 0 radical (unpaired) electrons. The quantitative estimate of drug-likeness (QED) is 0.753. The number of rotatable bonds is 4. The number of benzene rings is 1. The number of nitrogens with zero attached hydrogens (tertiary/aromatic N) is 5. The van der Waals surface area contributed by atoms with Gasteiger partial charge in [-0.3, -0.25) is 9.78 Å². The first kappa shape index (κ1) is 17.8. The molecule has 0 aliphatic carbocycles. The molecule has 0 atom stereocenters. The van der Waals surface area contributed by atoms with Crippen molar-refractivity contribution in [2.75, 3.05) is 36.4 Å². The molecule has 1 saturated heterocycles. The van der Waals surface area contributed by atoms with E-state index < -0.39 is 5.82 Å². The molecule has 0 bridgehead atoms. The van der Waals surface area contributed by atoms with E-state index in [1.54, 1.807) is 29.4 Å². The minimum atomic E-state index is -0.488. The van der Waals surface area contributed by atoms with Crippen molar-refractivity contribution in [2.45, 2.75) is 0 Å². The van der Waals surface area contributed by atoms with Crippen LogP contribution in [0, 0.1) is 5.82 Å². The van der Waals surface area contributed by atoms with Gasteiger partial charge in [-0.25, -0.2) is 4.39 Å². The molecule has 1 aromatic carbocycles. The number of halogens is 1. The summed E-state index contributed by atoms with van der Waals surface area (Å²) in [6, 6.07) is 13.5. The molecular formula is C20H19FN6O. The van der Waals surface area contributed by atoms with E-state index >= 15 is 0 Å². The average molecular weight is 378 g/mol. The number of hydrogen-bond acceptors (Lipinski definition) is 6. The Morgan fingerprint density at radius 3 is 2.36 bits per heavy atom. The lowest BCUT2D eigenvalue weighted by atomic mass is 10.1. The summed E-state index contributed by atoms with van der Waals surface area (Å²) in [5, 5.41) is 11.6. The number of nitrogens with one attached hydrogen (secondary N) is 1. The Kier molecular flexibility index (Phi) is 5.09. The molecule has 0 unspecified atom stereocenters. The first-order valence-electron chi connectivity index (χ1n) is 9.00. The Labute approximate surface area is 161 Å². The molecule has 7 nitrogen and oxygen atoms in total. The molecule has 0 saturated carbocycles. The van der Waals surface area contributed by atoms with E-state index in [9.17, 15) is 9.18 Å². The van der Waals surface area contributed by atoms with Crippen molar-refractivity contribution in [2.24, 2.45) is 0 Å². The minimum Gasteiger partial charge on any atom is -0.352 e. The van der Waals surface area contributed by atoms with Crippen LogP contribution in [0.2, 0.25) is 0 Å². The normalized spacial score (nSPS) is 14.0. The molecule has 1 amide bonds. The van der Waals surface area contributed by atoms with Crippen molar-refractivity contribution < 1.29 is 9.18 Å². The third-order valence-electron chi connectivity index (χ3n) is 4.60. The number of carbonyl (C=O) groups excluding carboxylic acids is 1. The van der Waals surface area contributed by atoms with Crippen molar-refractivity contribution in [3.63, 3.8) is 0 Å². The van der Waals surface area contributed by atoms with Crippen LogP contribution in [0.3, 0.4) is 0 Å². The van der Waals surface area contributed by atoms with Crippen molar-refractivity contribution in [1.82, 2.24) is 20.1 Å². The smallest absolute Gasteiger partial charge is 0.256 e. The summed E-state index contributed by atoms with van der Waals surface area (Å²) in [6.07, 6.45) is 3.40. The number of piperazine rings is 1. The topological polar surface area (TPSA) is 74.2 Å². The Balaban J connectivity index is 1.36. The predicted molar refractivity (Wildman–Crippen MR) is 104 cm³/mol. The standard InChI is InChI=1S/C20H19FN6O/c21-17-4-2-1-3-16(17)20(28)27-13-11-26(12-14-27)19-6-5-18(24-25-19)23-15-7-9-22-10-8-15/h1-10H,11-14H2,(H,22,23,24). The summed E-state index contributed by atoms with van der Waals surface area (Å²) in [5.41, 5.74) is 1.000. The molecule has 1 aliphatic rings. The Morgan fingerprint density at radius 1 is 0.929 bits per heavy atom. The lowest BCUT2D eigenvalue weighted by Crippen LogP contribution is -2.49. The van der Waals surface area contributed by atoms with E-state index in [4.69, 9.17) is 0 Å². The molecular weight excluding hydrogens is 359 g/mol. The average Bonchev–Trinajstić information content (AvgIpc) is 2.75. The van der Waals surface area contributed by atoms with Gasteiger partial charge >= 0.3 is 0 Å². The Bertz CT molecular complexity index is 942. The first-order chi connectivity index (χ1) is 13.7. The zero-order valence-electron chi connectivity index (χ0n) is 15.1. The maximum absolute atomic E-state index is 13.8. The number of anilines is 3. The van der Waals surface area contributed by atoms with Gasteiger partial charge in [0.1, 0.15) is 5.82 Å². The van der Waals surface area contributed by atoms with Gasteiger partial charge < -0.3 is 15.1 Å². The van der Waals surface area contributed by atoms with Gasteiger partial charge in [-0.05, 0) is 36.4 Å². The van der Waals surface area contributed by atoms with Crippen LogP contribution >= 0.6 is 0 Å². The predicted octanol–water partition coefficient (Wildman–Crippen LogP) is 2.72. The van der Waals surface area contributed by atoms with Crippen LogP contribution in [0.5, 0.6) is 0 Å². The van der Waals surface area contributed by atoms with Crippen LogP contribution in [-0.4, -0.2) is 52.2 Å². The molecule has 8 heteroatoms. The van der Waals surface area contributed by atoms with Gasteiger partial charge in [0, 0.05) is 44.3 Å². The fourth-order valence-electron chi connectivity index (χ4n) is 3.09. The number of pyridine rings is 1. The van der Waals surface area contributed by atoms with E-state index in [1.165, 1.54) is 12.1 Å². The Hall–Kier alpha value is -3.55. The fraction of sp³-hybridized carbons (Fsp3) is 0.200. The highest BCUT2D eigenvalue weighted by Gasteiger charge is 2.24. The Morgan fingerprint density at radius 2 is 1.68 bits per heavy atom. The lowest BCUT2D eigenvalue weighted by molar-refractivity contribution is 0.0742. The summed E-state index contributed by atoms with van der Waals surface area (Å²) < 4.78 is 13.8. The molecule has 0 spiro atoms. The highest BCUT2D eigenvalue weighted by Crippen LogP contribution is 2.18. The zero-order valence-corrected chi connectivity index (χ0v) is 15.1. The molecule has 3 aromatic rings. The lowest BCUT2D eigenvalue weighted by Gasteiger charge is -2.35. The van der Waals surface area contributed by atoms with Crippen molar-refractivity contribution >= 4 is 23.2 Å². The van der Waals surface area contributed by atoms with Crippen LogP contribution in [0.15, 0.2) is 60.9 Å². The van der Waals surface area contributed by atoms with Gasteiger partial charge in [0.25, 0.3) is 5.91 Å². The maximum Gasteiger partial charge on any atom is 0.256 e. The molecule has 3 heterocycles. The summed E-state index contributed by atoms with van der Waals surface area (Å²) in [5.74, 6) is 0.625. The SMILES string of the molecule is O=C(c1ccccc1F)N1CCN(c2ccc(Nc3ccncc3)nn2)CC1. The van der Waals surface area contributed by atoms with Crippen LogP contribution in [0.1, 0.15) is 10.4 Å². The third-order valence-corrected chi connectivity index (χ3v) is 4.60. The summed E-state index contributed by atoms with van der Waals surface area (Å²) in [6.45, 7) is 2.25. The third kappa shape index (κ3) is 3.90. The highest BCUT2D eigenvalue weighted by molar-refractivity contribution is 5.94. The molecule has 1 aliphatic heterocycles. The molecule has 28 heavy (non-hydrogen) atoms. The number of carbonyl (C=O) groups is 1. The molecule has 4 rings (SSSR count). The van der Waals surface area contributed by atoms with Gasteiger partial charge in [0.15, 0.2) is 11.6 Å². The summed E-state index contributed by atoms with van der Waals surface area (Å²) in [4.78, 5) is 20.2. The fourth-order valence-corrected chi connectivity index (χ4v) is 3.09. The molecule has 142 valence electrons. The summed E-state index contributed by atoms with van der Waals surface area (Å²) in [7, 11) is 0. The number of amides is 1. The van der Waals surface area contributed by atoms with Gasteiger partial charge in [-0.15, -0.1) is 10.2 Å². The first-order valence-corrected chi connectivity index (χ1v) is 9.00. The minimum absolute atomic E-state index is 0.113. The van der Waals surface area contributed by atoms with Gasteiger partial charge in [0.05, 0.1) is 5.56 Å². The number of hydrogen-bond donors (Lipinski definition) is 1. The highest BCUT2D eigenvalue weighted by atomic mass is 19.1. The van der Waals surface area contributed by atoms with E-state index in [2.05, 4.69) is 25.4 Å². The second-order valence-corrected chi connectivity index (χ2v) is 6.40. The number of aromatic nitrogens is 3. The van der Waals surface area contributed by atoms with Crippen molar-refractivity contribution in [3.05, 3.63) is 72.3 Å². The van der Waals surface area contributed by atoms with Gasteiger partial charge in [-0.2, -0.15) is 0 Å². The van der Waals surface area contributed by atoms with E-state index in [-0.39, 0.29) is 11.5 Å². The van der Waals surface area contributed by atoms with E-state index in [1.807, 2.05) is 24.3 Å². The van der Waals surface area contributed by atoms with Gasteiger partial charge in [-0.1, -0.05) is 12.1 Å².